The van der Waals surface area contributed by atoms with E-state index in [4.69, 9.17) is 4.74 Å². The maximum Gasteiger partial charge on any atom is 0.293 e. The van der Waals surface area contributed by atoms with Crippen LogP contribution in [0.15, 0.2) is 18.2 Å². The van der Waals surface area contributed by atoms with Crippen molar-refractivity contribution in [3.63, 3.8) is 0 Å². The molecule has 7 nitrogen and oxygen atoms in total. The fourth-order valence-corrected chi connectivity index (χ4v) is 2.25. The molecule has 2 rings (SSSR count). The van der Waals surface area contributed by atoms with E-state index in [1.54, 1.807) is 13.1 Å². The van der Waals surface area contributed by atoms with Gasteiger partial charge < -0.3 is 15.4 Å². The van der Waals surface area contributed by atoms with E-state index in [2.05, 4.69) is 10.6 Å². The largest absolute Gasteiger partial charge is 0.382 e. The number of nitro groups is 1. The minimum absolute atomic E-state index is 0.0558. The van der Waals surface area contributed by atoms with Gasteiger partial charge in [-0.1, -0.05) is 6.07 Å². The number of carbonyl (C=O) groups is 1. The highest BCUT2D eigenvalue weighted by molar-refractivity contribution is 6.01. The molecular weight excluding hydrogens is 262 g/mol. The Balaban J connectivity index is 2.20. The number of para-hydroxylation sites is 1. The fraction of sp³-hybridized carbons (Fsp3) is 0.462. The number of hydrogen-bond acceptors (Lipinski definition) is 5. The third-order valence-corrected chi connectivity index (χ3v) is 3.29. The van der Waals surface area contributed by atoms with Crippen LogP contribution in [0.5, 0.6) is 0 Å². The number of nitrogens with zero attached hydrogens (tertiary/aromatic N) is 1. The minimum atomic E-state index is -0.503. The zero-order valence-corrected chi connectivity index (χ0v) is 11.2. The van der Waals surface area contributed by atoms with E-state index in [0.717, 1.165) is 12.8 Å². The standard InChI is InChI=1S/C13H17N3O4/c1-14-12-10(3-2-4-11(12)16(18)19)13(17)15-9-5-7-20-8-6-9/h2-4,9,14H,5-8H2,1H3,(H,15,17). The lowest BCUT2D eigenvalue weighted by atomic mass is 10.1. The second-order valence-corrected chi connectivity index (χ2v) is 4.57. The molecule has 0 radical (unpaired) electrons. The molecule has 0 atom stereocenters. The molecule has 1 saturated heterocycles. The Labute approximate surface area is 116 Å². The molecule has 1 amide bonds. The highest BCUT2D eigenvalue weighted by Crippen LogP contribution is 2.27. The molecule has 1 aliphatic heterocycles. The van der Waals surface area contributed by atoms with E-state index in [0.29, 0.717) is 13.2 Å². The summed E-state index contributed by atoms with van der Waals surface area (Å²) in [6.45, 7) is 1.25. The molecule has 2 N–H and O–H groups in total. The molecule has 20 heavy (non-hydrogen) atoms. The van der Waals surface area contributed by atoms with Crippen LogP contribution in [0.1, 0.15) is 23.2 Å². The van der Waals surface area contributed by atoms with Crippen LogP contribution in [-0.4, -0.2) is 37.1 Å². The molecule has 0 aromatic heterocycles. The normalized spacial score (nSPS) is 15.7. The first-order chi connectivity index (χ1) is 9.63. The molecule has 0 bridgehead atoms. The first-order valence-corrected chi connectivity index (χ1v) is 6.47. The van der Waals surface area contributed by atoms with E-state index >= 15 is 0 Å². The van der Waals surface area contributed by atoms with Crippen molar-refractivity contribution in [2.75, 3.05) is 25.6 Å². The molecule has 1 heterocycles. The predicted molar refractivity (Wildman–Crippen MR) is 74.0 cm³/mol. The molecule has 0 saturated carbocycles. The SMILES string of the molecule is CNc1c(C(=O)NC2CCOCC2)cccc1[N+](=O)[O-]. The van der Waals surface area contributed by atoms with Crippen molar-refractivity contribution >= 4 is 17.3 Å². The lowest BCUT2D eigenvalue weighted by Gasteiger charge is -2.23. The Morgan fingerprint density at radius 1 is 1.40 bits per heavy atom. The lowest BCUT2D eigenvalue weighted by Crippen LogP contribution is -2.39. The van der Waals surface area contributed by atoms with Gasteiger partial charge in [0.1, 0.15) is 5.69 Å². The van der Waals surface area contributed by atoms with Crippen molar-refractivity contribution in [1.29, 1.82) is 0 Å². The number of carbonyl (C=O) groups excluding carboxylic acids is 1. The van der Waals surface area contributed by atoms with Crippen LogP contribution in [0.25, 0.3) is 0 Å². The van der Waals surface area contributed by atoms with Crippen LogP contribution in [-0.2, 0) is 4.74 Å². The highest BCUT2D eigenvalue weighted by Gasteiger charge is 2.23. The van der Waals surface area contributed by atoms with Crippen molar-refractivity contribution in [2.24, 2.45) is 0 Å². The molecule has 0 spiro atoms. The van der Waals surface area contributed by atoms with Crippen LogP contribution < -0.4 is 10.6 Å². The van der Waals surface area contributed by atoms with Crippen molar-refractivity contribution in [2.45, 2.75) is 18.9 Å². The first-order valence-electron chi connectivity index (χ1n) is 6.47. The third-order valence-electron chi connectivity index (χ3n) is 3.29. The summed E-state index contributed by atoms with van der Waals surface area (Å²) in [5, 5.41) is 16.6. The highest BCUT2D eigenvalue weighted by atomic mass is 16.6. The quantitative estimate of drug-likeness (QED) is 0.644. The van der Waals surface area contributed by atoms with E-state index in [1.165, 1.54) is 12.1 Å². The average Bonchev–Trinajstić information content (AvgIpc) is 2.47. The zero-order chi connectivity index (χ0) is 14.5. The second-order valence-electron chi connectivity index (χ2n) is 4.57. The topological polar surface area (TPSA) is 93.5 Å². The van der Waals surface area contributed by atoms with Crippen molar-refractivity contribution < 1.29 is 14.5 Å². The van der Waals surface area contributed by atoms with Crippen LogP contribution >= 0.6 is 0 Å². The Morgan fingerprint density at radius 2 is 2.10 bits per heavy atom. The Hall–Kier alpha value is -2.15. The number of benzene rings is 1. The molecular formula is C13H17N3O4. The van der Waals surface area contributed by atoms with Crippen molar-refractivity contribution in [1.82, 2.24) is 5.32 Å². The number of anilines is 1. The molecule has 7 heteroatoms. The van der Waals surface area contributed by atoms with Crippen LogP contribution in [0, 0.1) is 10.1 Å². The van der Waals surface area contributed by atoms with Gasteiger partial charge in [-0.2, -0.15) is 0 Å². The van der Waals surface area contributed by atoms with Crippen LogP contribution in [0.2, 0.25) is 0 Å². The Kier molecular flexibility index (Phi) is 4.52. The number of nitrogens with one attached hydrogen (secondary N) is 2. The molecule has 108 valence electrons. The number of hydrogen-bond donors (Lipinski definition) is 2. The number of rotatable bonds is 4. The van der Waals surface area contributed by atoms with Crippen molar-refractivity contribution in [3.05, 3.63) is 33.9 Å². The van der Waals surface area contributed by atoms with Crippen LogP contribution in [0.3, 0.4) is 0 Å². The monoisotopic (exact) mass is 279 g/mol. The van der Waals surface area contributed by atoms with Gasteiger partial charge in [-0.05, 0) is 18.9 Å². The van der Waals surface area contributed by atoms with Gasteiger partial charge in [0.05, 0.1) is 10.5 Å². The van der Waals surface area contributed by atoms with E-state index in [1.807, 2.05) is 0 Å². The summed E-state index contributed by atoms with van der Waals surface area (Å²) in [5.41, 5.74) is 0.419. The van der Waals surface area contributed by atoms with Gasteiger partial charge in [-0.25, -0.2) is 0 Å². The Bertz CT molecular complexity index is 512. The Morgan fingerprint density at radius 3 is 2.70 bits per heavy atom. The summed E-state index contributed by atoms with van der Waals surface area (Å²) in [6.07, 6.45) is 1.52. The van der Waals surface area contributed by atoms with Gasteiger partial charge in [0.25, 0.3) is 11.6 Å². The second kappa shape index (κ2) is 6.33. The molecule has 1 aromatic carbocycles. The number of amides is 1. The van der Waals surface area contributed by atoms with Crippen molar-refractivity contribution in [3.8, 4) is 0 Å². The maximum atomic E-state index is 12.3. The summed E-state index contributed by atoms with van der Waals surface area (Å²) >= 11 is 0. The molecule has 0 unspecified atom stereocenters. The van der Waals surface area contributed by atoms with Crippen LogP contribution in [0.4, 0.5) is 11.4 Å². The summed E-state index contributed by atoms with van der Waals surface area (Å²) in [7, 11) is 1.56. The van der Waals surface area contributed by atoms with E-state index in [9.17, 15) is 14.9 Å². The fourth-order valence-electron chi connectivity index (χ4n) is 2.25. The molecule has 1 aromatic rings. The summed E-state index contributed by atoms with van der Waals surface area (Å²) in [4.78, 5) is 22.7. The van der Waals surface area contributed by atoms with E-state index < -0.39 is 4.92 Å². The van der Waals surface area contributed by atoms with Gasteiger partial charge in [0, 0.05) is 32.4 Å². The van der Waals surface area contributed by atoms with Gasteiger partial charge in [0.2, 0.25) is 0 Å². The summed E-state index contributed by atoms with van der Waals surface area (Å²) < 4.78 is 5.23. The average molecular weight is 279 g/mol. The van der Waals surface area contributed by atoms with Gasteiger partial charge in [-0.15, -0.1) is 0 Å². The molecule has 0 aliphatic carbocycles. The van der Waals surface area contributed by atoms with Gasteiger partial charge >= 0.3 is 0 Å². The smallest absolute Gasteiger partial charge is 0.293 e. The maximum absolute atomic E-state index is 12.3. The number of nitro benzene ring substituents is 1. The predicted octanol–water partition coefficient (Wildman–Crippen LogP) is 1.55. The third kappa shape index (κ3) is 3.05. The zero-order valence-electron chi connectivity index (χ0n) is 11.2. The lowest BCUT2D eigenvalue weighted by molar-refractivity contribution is -0.384. The van der Waals surface area contributed by atoms with Gasteiger partial charge in [-0.3, -0.25) is 14.9 Å². The molecule has 1 fully saturated rings. The summed E-state index contributed by atoms with van der Waals surface area (Å²) in [5.74, 6) is -0.301. The number of ether oxygens (including phenoxy) is 1. The summed E-state index contributed by atoms with van der Waals surface area (Å²) in [6, 6.07) is 4.52. The minimum Gasteiger partial charge on any atom is -0.382 e. The first kappa shape index (κ1) is 14.3. The van der Waals surface area contributed by atoms with Gasteiger partial charge in [0.15, 0.2) is 0 Å². The van der Waals surface area contributed by atoms with E-state index in [-0.39, 0.29) is 28.9 Å². The molecule has 1 aliphatic rings.